The van der Waals surface area contributed by atoms with Crippen molar-refractivity contribution in [1.29, 1.82) is 0 Å². The minimum absolute atomic E-state index is 0.0384. The molecule has 1 aromatic carbocycles. The highest BCUT2D eigenvalue weighted by Crippen LogP contribution is 2.22. The van der Waals surface area contributed by atoms with Gasteiger partial charge in [0.1, 0.15) is 0 Å². The Morgan fingerprint density at radius 1 is 1.43 bits per heavy atom. The maximum Gasteiger partial charge on any atom is 0.301 e. The molecular formula is C15H21N3O2S. The predicted octanol–water partition coefficient (Wildman–Crippen LogP) is 1.53. The van der Waals surface area contributed by atoms with E-state index in [0.29, 0.717) is 12.2 Å². The van der Waals surface area contributed by atoms with E-state index in [1.165, 1.54) is 4.31 Å². The van der Waals surface area contributed by atoms with Gasteiger partial charge in [0.05, 0.1) is 12.2 Å². The van der Waals surface area contributed by atoms with Crippen LogP contribution in [0.2, 0.25) is 0 Å². The Hall–Kier alpha value is -1.55. The minimum atomic E-state index is -3.51. The molecule has 0 saturated carbocycles. The lowest BCUT2D eigenvalue weighted by Gasteiger charge is -2.32. The highest BCUT2D eigenvalue weighted by atomic mass is 32.2. The van der Waals surface area contributed by atoms with Crippen molar-refractivity contribution in [2.24, 2.45) is 5.73 Å². The van der Waals surface area contributed by atoms with Crippen LogP contribution in [0.15, 0.2) is 24.3 Å². The van der Waals surface area contributed by atoms with Crippen molar-refractivity contribution in [1.82, 2.24) is 4.31 Å². The van der Waals surface area contributed by atoms with Gasteiger partial charge in [-0.25, -0.2) is 0 Å². The first-order valence-electron chi connectivity index (χ1n) is 7.11. The smallest absolute Gasteiger partial charge is 0.301 e. The summed E-state index contributed by atoms with van der Waals surface area (Å²) in [5.41, 5.74) is 6.60. The topological polar surface area (TPSA) is 75.4 Å². The Balaban J connectivity index is 2.16. The highest BCUT2D eigenvalue weighted by Gasteiger charge is 2.29. The zero-order valence-corrected chi connectivity index (χ0v) is 13.0. The number of hydrogen-bond acceptors (Lipinski definition) is 3. The van der Waals surface area contributed by atoms with Crippen molar-refractivity contribution < 1.29 is 8.42 Å². The molecule has 1 heterocycles. The lowest BCUT2D eigenvalue weighted by Crippen LogP contribution is -2.44. The average Bonchev–Trinajstić information content (AvgIpc) is 2.45. The van der Waals surface area contributed by atoms with Crippen molar-refractivity contribution in [3.63, 3.8) is 0 Å². The number of hydrogen-bond donors (Lipinski definition) is 2. The van der Waals surface area contributed by atoms with Crippen LogP contribution in [0.25, 0.3) is 0 Å². The number of rotatable bonds is 3. The Morgan fingerprint density at radius 3 is 2.95 bits per heavy atom. The molecule has 1 atom stereocenters. The summed E-state index contributed by atoms with van der Waals surface area (Å²) in [6.45, 7) is 2.80. The fraction of sp³-hybridized carbons (Fsp3) is 0.467. The molecule has 5 nitrogen and oxygen atoms in total. The van der Waals surface area contributed by atoms with E-state index in [1.54, 1.807) is 18.2 Å². The first-order chi connectivity index (χ1) is 10.0. The maximum atomic E-state index is 12.4. The third-order valence-corrected chi connectivity index (χ3v) is 5.15. The average molecular weight is 307 g/mol. The van der Waals surface area contributed by atoms with Gasteiger partial charge in [0, 0.05) is 18.2 Å². The first-order valence-corrected chi connectivity index (χ1v) is 8.55. The van der Waals surface area contributed by atoms with Crippen LogP contribution in [0.3, 0.4) is 0 Å². The van der Waals surface area contributed by atoms with Gasteiger partial charge in [-0.3, -0.25) is 4.72 Å². The summed E-state index contributed by atoms with van der Waals surface area (Å²) in [5, 5.41) is 0. The highest BCUT2D eigenvalue weighted by molar-refractivity contribution is 7.90. The molecule has 1 aromatic rings. The van der Waals surface area contributed by atoms with Crippen molar-refractivity contribution in [2.75, 3.05) is 17.8 Å². The fourth-order valence-corrected chi connectivity index (χ4v) is 3.94. The van der Waals surface area contributed by atoms with E-state index in [0.717, 1.165) is 24.8 Å². The van der Waals surface area contributed by atoms with Crippen LogP contribution in [-0.2, 0) is 10.2 Å². The van der Waals surface area contributed by atoms with Gasteiger partial charge in [-0.15, -0.1) is 0 Å². The van der Waals surface area contributed by atoms with Gasteiger partial charge < -0.3 is 5.73 Å². The normalized spacial score (nSPS) is 19.6. The Morgan fingerprint density at radius 2 is 2.24 bits per heavy atom. The number of nitrogens with zero attached hydrogens (tertiary/aromatic N) is 1. The third kappa shape index (κ3) is 4.21. The summed E-state index contributed by atoms with van der Waals surface area (Å²) in [6.07, 6.45) is 2.90. The monoisotopic (exact) mass is 307 g/mol. The fourth-order valence-electron chi connectivity index (χ4n) is 2.45. The summed E-state index contributed by atoms with van der Waals surface area (Å²) in [7, 11) is -3.51. The van der Waals surface area contributed by atoms with Crippen LogP contribution in [0, 0.1) is 11.8 Å². The molecular weight excluding hydrogens is 286 g/mol. The van der Waals surface area contributed by atoms with Crippen LogP contribution >= 0.6 is 0 Å². The van der Waals surface area contributed by atoms with E-state index in [-0.39, 0.29) is 12.6 Å². The predicted molar refractivity (Wildman–Crippen MR) is 84.9 cm³/mol. The van der Waals surface area contributed by atoms with Gasteiger partial charge in [0.15, 0.2) is 0 Å². The second-order valence-electron chi connectivity index (χ2n) is 5.15. The van der Waals surface area contributed by atoms with Gasteiger partial charge in [0.2, 0.25) is 0 Å². The van der Waals surface area contributed by atoms with Crippen LogP contribution in [0.4, 0.5) is 5.69 Å². The quantitative estimate of drug-likeness (QED) is 0.832. The van der Waals surface area contributed by atoms with E-state index in [4.69, 9.17) is 5.73 Å². The molecule has 114 valence electrons. The summed E-state index contributed by atoms with van der Waals surface area (Å²) < 4.78 is 29.1. The zero-order valence-electron chi connectivity index (χ0n) is 12.2. The largest absolute Gasteiger partial charge is 0.320 e. The lowest BCUT2D eigenvalue weighted by molar-refractivity contribution is 0.270. The maximum absolute atomic E-state index is 12.4. The van der Waals surface area contributed by atoms with Crippen molar-refractivity contribution in [3.05, 3.63) is 29.8 Å². The van der Waals surface area contributed by atoms with Gasteiger partial charge in [-0.05, 0) is 38.0 Å². The lowest BCUT2D eigenvalue weighted by atomic mass is 10.1. The van der Waals surface area contributed by atoms with Crippen LogP contribution in [0.1, 0.15) is 31.7 Å². The van der Waals surface area contributed by atoms with E-state index >= 15 is 0 Å². The first kappa shape index (κ1) is 15.8. The molecule has 0 spiro atoms. The number of piperidine rings is 1. The number of anilines is 1. The van der Waals surface area contributed by atoms with Gasteiger partial charge in [-0.1, -0.05) is 24.3 Å². The van der Waals surface area contributed by atoms with E-state index in [2.05, 4.69) is 16.6 Å². The number of nitrogens with two attached hydrogens (primary N) is 1. The van der Waals surface area contributed by atoms with E-state index in [1.807, 2.05) is 13.0 Å². The summed E-state index contributed by atoms with van der Waals surface area (Å²) in [6, 6.07) is 7.08. The molecule has 2 rings (SSSR count). The third-order valence-electron chi connectivity index (χ3n) is 3.49. The van der Waals surface area contributed by atoms with Crippen molar-refractivity contribution in [3.8, 4) is 11.8 Å². The number of benzene rings is 1. The molecule has 1 saturated heterocycles. The molecule has 1 aliphatic rings. The summed E-state index contributed by atoms with van der Waals surface area (Å²) in [5.74, 6) is 5.65. The van der Waals surface area contributed by atoms with Gasteiger partial charge in [0.25, 0.3) is 0 Å². The van der Waals surface area contributed by atoms with Crippen LogP contribution < -0.4 is 10.5 Å². The van der Waals surface area contributed by atoms with E-state index < -0.39 is 10.2 Å². The molecule has 0 radical (unpaired) electrons. The molecule has 0 aromatic heterocycles. The zero-order chi connectivity index (χ0) is 15.3. The molecule has 3 N–H and O–H groups in total. The molecule has 0 aliphatic carbocycles. The van der Waals surface area contributed by atoms with Gasteiger partial charge >= 0.3 is 10.2 Å². The summed E-state index contributed by atoms with van der Waals surface area (Å²) >= 11 is 0. The Kier molecular flexibility index (Phi) is 5.23. The molecule has 1 fully saturated rings. The van der Waals surface area contributed by atoms with Gasteiger partial charge in [-0.2, -0.15) is 12.7 Å². The van der Waals surface area contributed by atoms with Crippen LogP contribution in [0.5, 0.6) is 0 Å². The molecule has 1 unspecified atom stereocenters. The second-order valence-corrected chi connectivity index (χ2v) is 6.77. The number of nitrogens with one attached hydrogen (secondary N) is 1. The summed E-state index contributed by atoms with van der Waals surface area (Å²) in [4.78, 5) is 0. The SMILES string of the molecule is CC1CCCCN1S(=O)(=O)Nc1cccc(C#CCN)c1. The Labute approximate surface area is 126 Å². The van der Waals surface area contributed by atoms with Crippen LogP contribution in [-0.4, -0.2) is 31.9 Å². The standard InChI is InChI=1S/C15H21N3O2S/c1-13-6-2-3-11-18(13)21(19,20)17-15-9-4-7-14(12-15)8-5-10-16/h4,7,9,12-13,17H,2-3,6,10-11,16H2,1H3. The van der Waals surface area contributed by atoms with Crippen molar-refractivity contribution >= 4 is 15.9 Å². The molecule has 0 amide bonds. The van der Waals surface area contributed by atoms with Crippen molar-refractivity contribution in [2.45, 2.75) is 32.2 Å². The Bertz CT molecular complexity index is 646. The molecule has 1 aliphatic heterocycles. The van der Waals surface area contributed by atoms with E-state index in [9.17, 15) is 8.42 Å². The minimum Gasteiger partial charge on any atom is -0.320 e. The molecule has 6 heteroatoms. The molecule has 21 heavy (non-hydrogen) atoms. The molecule has 0 bridgehead atoms. The second kappa shape index (κ2) is 6.94.